The van der Waals surface area contributed by atoms with Gasteiger partial charge in [-0.15, -0.1) is 0 Å². The van der Waals surface area contributed by atoms with Crippen molar-refractivity contribution in [3.63, 3.8) is 0 Å². The summed E-state index contributed by atoms with van der Waals surface area (Å²) in [5.41, 5.74) is 5.19. The van der Waals surface area contributed by atoms with Crippen LogP contribution in [0.2, 0.25) is 0 Å². The van der Waals surface area contributed by atoms with Crippen LogP contribution in [0.15, 0.2) is 73.1 Å². The van der Waals surface area contributed by atoms with Gasteiger partial charge in [-0.05, 0) is 34.4 Å². The first-order chi connectivity index (χ1) is 10.8. The summed E-state index contributed by atoms with van der Waals surface area (Å²) in [7, 11) is 0. The van der Waals surface area contributed by atoms with E-state index in [0.29, 0.717) is 0 Å². The first-order valence-corrected chi connectivity index (χ1v) is 7.24. The Kier molecular flexibility index (Phi) is 2.97. The topological polar surface area (TPSA) is 42.0 Å². The minimum atomic E-state index is -0.263. The Balaban J connectivity index is 1.77. The number of carbonyl (C=O) groups is 1. The summed E-state index contributed by atoms with van der Waals surface area (Å²) in [4.78, 5) is 16.8. The van der Waals surface area contributed by atoms with Gasteiger partial charge in [-0.2, -0.15) is 0 Å². The molecule has 3 aromatic rings. The van der Waals surface area contributed by atoms with Crippen LogP contribution in [0.4, 0.5) is 5.69 Å². The summed E-state index contributed by atoms with van der Waals surface area (Å²) in [5.74, 6) is -0.274. The molecule has 1 heterocycles. The van der Waals surface area contributed by atoms with E-state index in [9.17, 15) is 4.79 Å². The largest absolute Gasteiger partial charge is 0.325 e. The number of hydrogen-bond acceptors (Lipinski definition) is 2. The lowest BCUT2D eigenvalue weighted by atomic mass is 9.96. The third-order valence-electron chi connectivity index (χ3n) is 4.04. The van der Waals surface area contributed by atoms with Crippen LogP contribution in [-0.2, 0) is 4.79 Å². The Bertz CT molecular complexity index is 797. The maximum absolute atomic E-state index is 12.8. The Morgan fingerprint density at radius 1 is 0.818 bits per heavy atom. The zero-order valence-corrected chi connectivity index (χ0v) is 11.9. The van der Waals surface area contributed by atoms with Crippen molar-refractivity contribution >= 4 is 11.6 Å². The van der Waals surface area contributed by atoms with E-state index >= 15 is 0 Å². The molecule has 0 saturated carbocycles. The molecule has 1 aliphatic rings. The number of nitrogens with one attached hydrogen (secondary N) is 1. The average Bonchev–Trinajstić information content (AvgIpc) is 2.90. The molecule has 0 fully saturated rings. The molecule has 22 heavy (non-hydrogen) atoms. The molecule has 106 valence electrons. The van der Waals surface area contributed by atoms with E-state index in [1.165, 1.54) is 0 Å². The number of fused-ring (bicyclic) bond motifs is 3. The first kappa shape index (κ1) is 12.8. The maximum Gasteiger partial charge on any atom is 0.236 e. The molecular weight excluding hydrogens is 272 g/mol. The maximum atomic E-state index is 12.8. The molecule has 3 nitrogen and oxygen atoms in total. The first-order valence-electron chi connectivity index (χ1n) is 7.24. The smallest absolute Gasteiger partial charge is 0.236 e. The highest BCUT2D eigenvalue weighted by atomic mass is 16.1. The highest BCUT2D eigenvalue weighted by Gasteiger charge is 2.33. The number of aromatic nitrogens is 1. The van der Waals surface area contributed by atoms with E-state index in [1.54, 1.807) is 24.5 Å². The van der Waals surface area contributed by atoms with Crippen LogP contribution >= 0.6 is 0 Å². The lowest BCUT2D eigenvalue weighted by molar-refractivity contribution is -0.116. The Morgan fingerprint density at radius 2 is 1.36 bits per heavy atom. The Hall–Kier alpha value is -2.94. The molecule has 1 amide bonds. The normalized spacial score (nSPS) is 12.5. The lowest BCUT2D eigenvalue weighted by Gasteiger charge is -2.13. The molecule has 0 spiro atoms. The number of rotatable bonds is 2. The number of pyridine rings is 1. The van der Waals surface area contributed by atoms with Crippen molar-refractivity contribution in [3.05, 3.63) is 84.2 Å². The van der Waals surface area contributed by atoms with E-state index in [1.807, 2.05) is 36.4 Å². The third-order valence-corrected chi connectivity index (χ3v) is 4.04. The fourth-order valence-electron chi connectivity index (χ4n) is 3.09. The highest BCUT2D eigenvalue weighted by Crippen LogP contribution is 2.44. The molecule has 0 radical (unpaired) electrons. The van der Waals surface area contributed by atoms with Crippen molar-refractivity contribution in [2.24, 2.45) is 0 Å². The van der Waals surface area contributed by atoms with E-state index in [4.69, 9.17) is 0 Å². The second-order valence-electron chi connectivity index (χ2n) is 5.33. The predicted molar refractivity (Wildman–Crippen MR) is 86.6 cm³/mol. The zero-order chi connectivity index (χ0) is 14.9. The van der Waals surface area contributed by atoms with E-state index in [-0.39, 0.29) is 11.8 Å². The van der Waals surface area contributed by atoms with Gasteiger partial charge in [0.25, 0.3) is 0 Å². The number of anilines is 1. The van der Waals surface area contributed by atoms with Gasteiger partial charge in [0.05, 0.1) is 5.92 Å². The molecule has 0 atom stereocenters. The second kappa shape index (κ2) is 5.11. The minimum Gasteiger partial charge on any atom is -0.325 e. The van der Waals surface area contributed by atoms with Crippen molar-refractivity contribution < 1.29 is 4.79 Å². The van der Waals surface area contributed by atoms with Gasteiger partial charge in [0.1, 0.15) is 0 Å². The van der Waals surface area contributed by atoms with Crippen LogP contribution in [0.3, 0.4) is 0 Å². The summed E-state index contributed by atoms with van der Waals surface area (Å²) >= 11 is 0. The van der Waals surface area contributed by atoms with E-state index in [0.717, 1.165) is 27.9 Å². The van der Waals surface area contributed by atoms with E-state index in [2.05, 4.69) is 22.4 Å². The van der Waals surface area contributed by atoms with Crippen molar-refractivity contribution in [2.45, 2.75) is 5.92 Å². The SMILES string of the molecule is O=C(Nc1ccncc1)C1c2ccccc2-c2ccccc21. The quantitative estimate of drug-likeness (QED) is 0.778. The standard InChI is InChI=1S/C19H14N2O/c22-19(21-13-9-11-20-12-10-13)18-16-7-3-1-5-14(16)15-6-2-4-8-17(15)18/h1-12,18H,(H,20,21,22). The van der Waals surface area contributed by atoms with Gasteiger partial charge in [0.2, 0.25) is 5.91 Å². The molecule has 1 aliphatic carbocycles. The van der Waals surface area contributed by atoms with Crippen LogP contribution < -0.4 is 5.32 Å². The van der Waals surface area contributed by atoms with Gasteiger partial charge < -0.3 is 5.32 Å². The number of nitrogens with zero attached hydrogens (tertiary/aromatic N) is 1. The van der Waals surface area contributed by atoms with Crippen LogP contribution in [0.25, 0.3) is 11.1 Å². The molecule has 1 aromatic heterocycles. The molecule has 0 unspecified atom stereocenters. The Morgan fingerprint density at radius 3 is 1.95 bits per heavy atom. The molecule has 0 bridgehead atoms. The predicted octanol–water partition coefficient (Wildman–Crippen LogP) is 3.83. The van der Waals surface area contributed by atoms with Crippen LogP contribution in [-0.4, -0.2) is 10.9 Å². The van der Waals surface area contributed by atoms with Crippen LogP contribution in [0.1, 0.15) is 17.0 Å². The summed E-state index contributed by atoms with van der Waals surface area (Å²) in [6.45, 7) is 0. The van der Waals surface area contributed by atoms with Gasteiger partial charge in [-0.3, -0.25) is 9.78 Å². The Labute approximate surface area is 128 Å². The number of hydrogen-bond donors (Lipinski definition) is 1. The number of benzene rings is 2. The fraction of sp³-hybridized carbons (Fsp3) is 0.0526. The van der Waals surface area contributed by atoms with Crippen LogP contribution in [0, 0.1) is 0 Å². The van der Waals surface area contributed by atoms with Crippen LogP contribution in [0.5, 0.6) is 0 Å². The van der Waals surface area contributed by atoms with Crippen molar-refractivity contribution in [1.82, 2.24) is 4.98 Å². The highest BCUT2D eigenvalue weighted by molar-refractivity contribution is 6.03. The summed E-state index contributed by atoms with van der Waals surface area (Å²) in [5, 5.41) is 2.99. The van der Waals surface area contributed by atoms with Gasteiger partial charge in [-0.1, -0.05) is 48.5 Å². The molecule has 0 aliphatic heterocycles. The molecule has 4 rings (SSSR count). The summed E-state index contributed by atoms with van der Waals surface area (Å²) in [6.07, 6.45) is 3.35. The lowest BCUT2D eigenvalue weighted by Crippen LogP contribution is -2.20. The van der Waals surface area contributed by atoms with Gasteiger partial charge in [0.15, 0.2) is 0 Å². The third kappa shape index (κ3) is 1.99. The van der Waals surface area contributed by atoms with Gasteiger partial charge in [-0.25, -0.2) is 0 Å². The van der Waals surface area contributed by atoms with Gasteiger partial charge >= 0.3 is 0 Å². The molecule has 2 aromatic carbocycles. The molecule has 0 saturated heterocycles. The monoisotopic (exact) mass is 286 g/mol. The van der Waals surface area contributed by atoms with Crippen molar-refractivity contribution in [1.29, 1.82) is 0 Å². The number of amides is 1. The van der Waals surface area contributed by atoms with Crippen molar-refractivity contribution in [2.75, 3.05) is 5.32 Å². The molecule has 1 N–H and O–H groups in total. The van der Waals surface area contributed by atoms with Gasteiger partial charge in [0, 0.05) is 18.1 Å². The zero-order valence-electron chi connectivity index (χ0n) is 11.9. The number of carbonyl (C=O) groups excluding carboxylic acids is 1. The molecular formula is C19H14N2O. The second-order valence-corrected chi connectivity index (χ2v) is 5.33. The minimum absolute atomic E-state index is 0.0106. The van der Waals surface area contributed by atoms with E-state index < -0.39 is 0 Å². The molecule has 3 heteroatoms. The average molecular weight is 286 g/mol. The summed E-state index contributed by atoms with van der Waals surface area (Å²) < 4.78 is 0. The fourth-order valence-corrected chi connectivity index (χ4v) is 3.09. The van der Waals surface area contributed by atoms with Crippen molar-refractivity contribution in [3.8, 4) is 11.1 Å². The summed E-state index contributed by atoms with van der Waals surface area (Å²) in [6, 6.07) is 19.8.